The third kappa shape index (κ3) is 6.07. The minimum Gasteiger partial charge on any atom is -0.473 e. The molecule has 3 aromatic carbocycles. The normalized spacial score (nSPS) is 19.4. The SMILES string of the molecule is N[C@@H](Cc1cc(F)cc(F)c1)[C@H](O)[C@H]1C[C@@H](Oc2ccccn2)CN1C(c1ccccc1)c1ccccc1. The lowest BCUT2D eigenvalue weighted by Crippen LogP contribution is -2.50. The molecule has 0 bridgehead atoms. The smallest absolute Gasteiger partial charge is 0.213 e. The van der Waals surface area contributed by atoms with Gasteiger partial charge in [-0.3, -0.25) is 4.90 Å². The molecule has 0 spiro atoms. The molecule has 1 aliphatic heterocycles. The average molecular weight is 516 g/mol. The van der Waals surface area contributed by atoms with E-state index in [4.69, 9.17) is 10.5 Å². The van der Waals surface area contributed by atoms with Gasteiger partial charge in [-0.1, -0.05) is 66.7 Å². The highest BCUT2D eigenvalue weighted by Crippen LogP contribution is 2.37. The van der Waals surface area contributed by atoms with E-state index in [1.807, 2.05) is 54.6 Å². The summed E-state index contributed by atoms with van der Waals surface area (Å²) in [5.41, 5.74) is 9.06. The summed E-state index contributed by atoms with van der Waals surface area (Å²) in [6.45, 7) is 0.536. The molecule has 1 fully saturated rings. The number of rotatable bonds is 9. The number of aromatic nitrogens is 1. The molecule has 0 amide bonds. The number of aliphatic hydroxyl groups is 1. The molecular weight excluding hydrogens is 484 g/mol. The molecule has 196 valence electrons. The molecule has 5 rings (SSSR count). The van der Waals surface area contributed by atoms with Gasteiger partial charge in [0.05, 0.1) is 12.1 Å². The summed E-state index contributed by atoms with van der Waals surface area (Å²) in [4.78, 5) is 6.54. The number of ether oxygens (including phenoxy) is 1. The molecule has 0 saturated carbocycles. The van der Waals surface area contributed by atoms with Crippen LogP contribution in [0.4, 0.5) is 8.78 Å². The van der Waals surface area contributed by atoms with Crippen molar-refractivity contribution in [2.75, 3.05) is 6.54 Å². The van der Waals surface area contributed by atoms with Crippen molar-refractivity contribution in [1.29, 1.82) is 0 Å². The van der Waals surface area contributed by atoms with Crippen molar-refractivity contribution in [2.45, 2.75) is 43.2 Å². The van der Waals surface area contributed by atoms with Gasteiger partial charge in [0.15, 0.2) is 0 Å². The second kappa shape index (κ2) is 11.8. The molecule has 7 heteroatoms. The Labute approximate surface area is 221 Å². The molecule has 1 aliphatic rings. The highest BCUT2D eigenvalue weighted by atomic mass is 19.1. The Hall–Kier alpha value is -3.65. The maximum atomic E-state index is 13.8. The number of hydrogen-bond acceptors (Lipinski definition) is 5. The van der Waals surface area contributed by atoms with E-state index >= 15 is 0 Å². The van der Waals surface area contributed by atoms with Crippen LogP contribution in [0.2, 0.25) is 0 Å². The van der Waals surface area contributed by atoms with Gasteiger partial charge < -0.3 is 15.6 Å². The molecular formula is C31H31F2N3O2. The van der Waals surface area contributed by atoms with E-state index in [2.05, 4.69) is 34.1 Å². The van der Waals surface area contributed by atoms with Crippen LogP contribution >= 0.6 is 0 Å². The van der Waals surface area contributed by atoms with Gasteiger partial charge in [-0.05, 0) is 41.3 Å². The Morgan fingerprint density at radius 1 is 0.895 bits per heavy atom. The number of likely N-dealkylation sites (tertiary alicyclic amines) is 1. The highest BCUT2D eigenvalue weighted by Gasteiger charge is 2.43. The van der Waals surface area contributed by atoms with Crippen molar-refractivity contribution in [3.8, 4) is 5.88 Å². The number of halogens is 2. The van der Waals surface area contributed by atoms with E-state index in [9.17, 15) is 13.9 Å². The number of benzene rings is 3. The summed E-state index contributed by atoms with van der Waals surface area (Å²) in [7, 11) is 0. The van der Waals surface area contributed by atoms with E-state index in [0.717, 1.165) is 17.2 Å². The molecule has 0 unspecified atom stereocenters. The van der Waals surface area contributed by atoms with Crippen LogP contribution in [0.5, 0.6) is 5.88 Å². The Bertz CT molecular complexity index is 1250. The average Bonchev–Trinajstić information content (AvgIpc) is 3.32. The first kappa shape index (κ1) is 26.0. The summed E-state index contributed by atoms with van der Waals surface area (Å²) >= 11 is 0. The van der Waals surface area contributed by atoms with Crippen LogP contribution in [0.1, 0.15) is 29.2 Å². The third-order valence-electron chi connectivity index (χ3n) is 7.06. The van der Waals surface area contributed by atoms with Crippen molar-refractivity contribution in [3.63, 3.8) is 0 Å². The predicted molar refractivity (Wildman–Crippen MR) is 143 cm³/mol. The molecule has 2 heterocycles. The minimum atomic E-state index is -0.978. The molecule has 0 radical (unpaired) electrons. The fourth-order valence-electron chi connectivity index (χ4n) is 5.41. The van der Waals surface area contributed by atoms with Gasteiger partial charge in [-0.15, -0.1) is 0 Å². The van der Waals surface area contributed by atoms with Gasteiger partial charge in [0.25, 0.3) is 0 Å². The Morgan fingerprint density at radius 3 is 2.08 bits per heavy atom. The van der Waals surface area contributed by atoms with Crippen LogP contribution in [-0.4, -0.2) is 45.8 Å². The number of nitrogens with two attached hydrogens (primary N) is 1. The van der Waals surface area contributed by atoms with Crippen molar-refractivity contribution in [1.82, 2.24) is 9.88 Å². The monoisotopic (exact) mass is 515 g/mol. The number of pyridine rings is 1. The topological polar surface area (TPSA) is 71.6 Å². The van der Waals surface area contributed by atoms with Gasteiger partial charge in [-0.25, -0.2) is 13.8 Å². The number of aliphatic hydroxyl groups excluding tert-OH is 1. The summed E-state index contributed by atoms with van der Waals surface area (Å²) in [6.07, 6.45) is 1.11. The minimum absolute atomic E-state index is 0.132. The quantitative estimate of drug-likeness (QED) is 0.332. The fourth-order valence-corrected chi connectivity index (χ4v) is 5.41. The molecule has 4 aromatic rings. The maximum Gasteiger partial charge on any atom is 0.213 e. The van der Waals surface area contributed by atoms with Crippen LogP contribution in [0.15, 0.2) is 103 Å². The van der Waals surface area contributed by atoms with Gasteiger partial charge >= 0.3 is 0 Å². The van der Waals surface area contributed by atoms with Crippen LogP contribution < -0.4 is 10.5 Å². The first-order valence-electron chi connectivity index (χ1n) is 12.8. The standard InChI is InChI=1S/C31H31F2N3O2/c32-24-15-21(16-25(33)18-24)17-27(34)31(37)28-19-26(38-29-13-7-8-14-35-29)20-36(28)30(22-9-3-1-4-10-22)23-11-5-2-6-12-23/h1-16,18,26-28,30-31,37H,17,19-20,34H2/t26-,27+,28-,31+/m1/s1. The molecule has 1 aromatic heterocycles. The Balaban J connectivity index is 1.47. The largest absolute Gasteiger partial charge is 0.473 e. The molecule has 4 atom stereocenters. The van der Waals surface area contributed by atoms with Crippen LogP contribution in [0.3, 0.4) is 0 Å². The van der Waals surface area contributed by atoms with E-state index in [0.29, 0.717) is 24.4 Å². The van der Waals surface area contributed by atoms with Gasteiger partial charge in [0.1, 0.15) is 17.7 Å². The summed E-state index contributed by atoms with van der Waals surface area (Å²) in [5.74, 6) is -0.814. The van der Waals surface area contributed by atoms with Crippen molar-refractivity contribution in [3.05, 3.63) is 132 Å². The first-order valence-corrected chi connectivity index (χ1v) is 12.8. The van der Waals surface area contributed by atoms with Crippen LogP contribution in [0.25, 0.3) is 0 Å². The Kier molecular flexibility index (Phi) is 8.08. The zero-order valence-electron chi connectivity index (χ0n) is 20.9. The Morgan fingerprint density at radius 2 is 1.50 bits per heavy atom. The molecule has 3 N–H and O–H groups in total. The zero-order chi connectivity index (χ0) is 26.5. The first-order chi connectivity index (χ1) is 18.5. The molecule has 0 aliphatic carbocycles. The summed E-state index contributed by atoms with van der Waals surface area (Å²) in [6, 6.07) is 27.8. The third-order valence-corrected chi connectivity index (χ3v) is 7.06. The van der Waals surface area contributed by atoms with E-state index in [1.54, 1.807) is 6.20 Å². The fraction of sp³-hybridized carbons (Fsp3) is 0.258. The summed E-state index contributed by atoms with van der Waals surface area (Å²) < 4.78 is 33.8. The van der Waals surface area contributed by atoms with Crippen LogP contribution in [0, 0.1) is 11.6 Å². The summed E-state index contributed by atoms with van der Waals surface area (Å²) in [5, 5.41) is 11.6. The van der Waals surface area contributed by atoms with Crippen molar-refractivity contribution >= 4 is 0 Å². The zero-order valence-corrected chi connectivity index (χ0v) is 20.9. The second-order valence-corrected chi connectivity index (χ2v) is 9.77. The van der Waals surface area contributed by atoms with Gasteiger partial charge in [-0.2, -0.15) is 0 Å². The number of hydrogen-bond donors (Lipinski definition) is 2. The molecule has 1 saturated heterocycles. The van der Waals surface area contributed by atoms with Crippen molar-refractivity contribution in [2.24, 2.45) is 5.73 Å². The lowest BCUT2D eigenvalue weighted by Gasteiger charge is -2.37. The van der Waals surface area contributed by atoms with E-state index in [-0.39, 0.29) is 24.6 Å². The van der Waals surface area contributed by atoms with Crippen molar-refractivity contribution < 1.29 is 18.6 Å². The number of nitrogens with zero attached hydrogens (tertiary/aromatic N) is 2. The molecule has 5 nitrogen and oxygen atoms in total. The second-order valence-electron chi connectivity index (χ2n) is 9.77. The maximum absolute atomic E-state index is 13.8. The van der Waals surface area contributed by atoms with E-state index < -0.39 is 23.8 Å². The predicted octanol–water partition coefficient (Wildman–Crippen LogP) is 4.90. The van der Waals surface area contributed by atoms with Crippen LogP contribution in [-0.2, 0) is 6.42 Å². The highest BCUT2D eigenvalue weighted by molar-refractivity contribution is 5.33. The van der Waals surface area contributed by atoms with Gasteiger partial charge in [0.2, 0.25) is 5.88 Å². The van der Waals surface area contributed by atoms with E-state index in [1.165, 1.54) is 12.1 Å². The lowest BCUT2D eigenvalue weighted by molar-refractivity contribution is 0.0405. The lowest BCUT2D eigenvalue weighted by atomic mass is 9.92. The molecule has 38 heavy (non-hydrogen) atoms. The van der Waals surface area contributed by atoms with Gasteiger partial charge in [0, 0.05) is 43.4 Å².